The van der Waals surface area contributed by atoms with E-state index in [0.717, 1.165) is 0 Å². The molecule has 0 aromatic rings. The van der Waals surface area contributed by atoms with E-state index in [1.54, 1.807) is 0 Å². The summed E-state index contributed by atoms with van der Waals surface area (Å²) in [6.07, 6.45) is -0.168. The summed E-state index contributed by atoms with van der Waals surface area (Å²) in [5, 5.41) is 9.11. The number of rotatable bonds is 3. The normalized spacial score (nSPS) is 30.4. The van der Waals surface area contributed by atoms with E-state index in [1.165, 1.54) is 0 Å². The van der Waals surface area contributed by atoms with Gasteiger partial charge >= 0.3 is 0 Å². The van der Waals surface area contributed by atoms with Crippen molar-refractivity contribution >= 4 is 5.91 Å². The van der Waals surface area contributed by atoms with Crippen LogP contribution in [0.1, 0.15) is 6.92 Å². The molecule has 0 spiro atoms. The van der Waals surface area contributed by atoms with Crippen molar-refractivity contribution in [1.29, 1.82) is 0 Å². The zero-order valence-corrected chi connectivity index (χ0v) is 10.9. The molecule has 1 amide bonds. The van der Waals surface area contributed by atoms with Crippen molar-refractivity contribution in [3.8, 4) is 0 Å². The van der Waals surface area contributed by atoms with E-state index in [-0.39, 0.29) is 24.7 Å². The third kappa shape index (κ3) is 3.41. The van der Waals surface area contributed by atoms with Crippen LogP contribution in [0.5, 0.6) is 0 Å². The molecule has 18 heavy (non-hydrogen) atoms. The Bertz CT molecular complexity index is 281. The average Bonchev–Trinajstić information content (AvgIpc) is 2.42. The maximum absolute atomic E-state index is 12.1. The van der Waals surface area contributed by atoms with Gasteiger partial charge in [-0.2, -0.15) is 0 Å². The van der Waals surface area contributed by atoms with Crippen LogP contribution in [0.4, 0.5) is 0 Å². The lowest BCUT2D eigenvalue weighted by molar-refractivity contribution is -0.141. The average molecular weight is 258 g/mol. The highest BCUT2D eigenvalue weighted by atomic mass is 16.5. The van der Waals surface area contributed by atoms with Gasteiger partial charge in [-0.3, -0.25) is 9.69 Å². The molecule has 2 aliphatic heterocycles. The Hall–Kier alpha value is -0.690. The Morgan fingerprint density at radius 1 is 1.39 bits per heavy atom. The molecule has 2 unspecified atom stereocenters. The highest BCUT2D eigenvalue weighted by molar-refractivity contribution is 5.78. The largest absolute Gasteiger partial charge is 0.394 e. The molecule has 104 valence electrons. The van der Waals surface area contributed by atoms with E-state index < -0.39 is 0 Å². The van der Waals surface area contributed by atoms with Gasteiger partial charge in [0.2, 0.25) is 5.91 Å². The molecule has 0 aromatic heterocycles. The Kier molecular flexibility index (Phi) is 4.94. The number of amides is 1. The summed E-state index contributed by atoms with van der Waals surface area (Å²) < 4.78 is 10.7. The summed E-state index contributed by atoms with van der Waals surface area (Å²) in [5.41, 5.74) is 0. The van der Waals surface area contributed by atoms with E-state index in [2.05, 4.69) is 4.90 Å². The van der Waals surface area contributed by atoms with Crippen molar-refractivity contribution in [1.82, 2.24) is 9.80 Å². The van der Waals surface area contributed by atoms with Gasteiger partial charge in [-0.1, -0.05) is 0 Å². The molecule has 6 heteroatoms. The summed E-state index contributed by atoms with van der Waals surface area (Å²) in [5.74, 6) is 0.142. The SMILES string of the molecule is CC1COC(CO)CN1CC(=O)N1CCOCC1. The van der Waals surface area contributed by atoms with Gasteiger partial charge in [0.15, 0.2) is 0 Å². The van der Waals surface area contributed by atoms with E-state index in [1.807, 2.05) is 11.8 Å². The van der Waals surface area contributed by atoms with Gasteiger partial charge in [-0.05, 0) is 6.92 Å². The van der Waals surface area contributed by atoms with Gasteiger partial charge in [0.1, 0.15) is 0 Å². The Morgan fingerprint density at radius 2 is 2.11 bits per heavy atom. The number of nitrogens with zero attached hydrogens (tertiary/aromatic N) is 2. The summed E-state index contributed by atoms with van der Waals surface area (Å²) in [6, 6.07) is 0.220. The lowest BCUT2D eigenvalue weighted by atomic mass is 10.2. The second-order valence-electron chi connectivity index (χ2n) is 4.91. The van der Waals surface area contributed by atoms with Crippen molar-refractivity contribution < 1.29 is 19.4 Å². The molecule has 2 atom stereocenters. The molecule has 0 bridgehead atoms. The molecule has 2 aliphatic rings. The van der Waals surface area contributed by atoms with Crippen LogP contribution < -0.4 is 0 Å². The molecular weight excluding hydrogens is 236 g/mol. The number of hydrogen-bond acceptors (Lipinski definition) is 5. The van der Waals surface area contributed by atoms with Gasteiger partial charge in [0.05, 0.1) is 39.1 Å². The van der Waals surface area contributed by atoms with Gasteiger partial charge in [0.25, 0.3) is 0 Å². The van der Waals surface area contributed by atoms with Gasteiger partial charge < -0.3 is 19.5 Å². The summed E-state index contributed by atoms with van der Waals surface area (Å²) in [7, 11) is 0. The predicted molar refractivity (Wildman–Crippen MR) is 65.3 cm³/mol. The zero-order valence-electron chi connectivity index (χ0n) is 10.9. The minimum absolute atomic E-state index is 0.00889. The number of hydrogen-bond donors (Lipinski definition) is 1. The first-order valence-electron chi connectivity index (χ1n) is 6.52. The number of morpholine rings is 2. The fraction of sp³-hybridized carbons (Fsp3) is 0.917. The maximum atomic E-state index is 12.1. The monoisotopic (exact) mass is 258 g/mol. The third-order valence-corrected chi connectivity index (χ3v) is 3.54. The molecule has 0 aromatic carbocycles. The van der Waals surface area contributed by atoms with Crippen LogP contribution in [-0.4, -0.2) is 85.6 Å². The van der Waals surface area contributed by atoms with Gasteiger partial charge in [0, 0.05) is 25.7 Å². The zero-order chi connectivity index (χ0) is 13.0. The second kappa shape index (κ2) is 6.47. The van der Waals surface area contributed by atoms with E-state index >= 15 is 0 Å². The molecule has 0 aliphatic carbocycles. The fourth-order valence-electron chi connectivity index (χ4n) is 2.29. The van der Waals surface area contributed by atoms with Crippen LogP contribution in [0, 0.1) is 0 Å². The second-order valence-corrected chi connectivity index (χ2v) is 4.91. The van der Waals surface area contributed by atoms with Crippen LogP contribution >= 0.6 is 0 Å². The summed E-state index contributed by atoms with van der Waals surface area (Å²) in [6.45, 7) is 6.26. The summed E-state index contributed by atoms with van der Waals surface area (Å²) in [4.78, 5) is 16.1. The van der Waals surface area contributed by atoms with Crippen molar-refractivity contribution in [2.24, 2.45) is 0 Å². The fourth-order valence-corrected chi connectivity index (χ4v) is 2.29. The van der Waals surface area contributed by atoms with Crippen molar-refractivity contribution in [2.75, 3.05) is 52.6 Å². The minimum atomic E-state index is -0.168. The summed E-state index contributed by atoms with van der Waals surface area (Å²) >= 11 is 0. The molecule has 6 nitrogen and oxygen atoms in total. The number of aliphatic hydroxyl groups is 1. The van der Waals surface area contributed by atoms with E-state index in [9.17, 15) is 4.79 Å². The number of carbonyl (C=O) groups excluding carboxylic acids is 1. The van der Waals surface area contributed by atoms with Crippen LogP contribution in [0.25, 0.3) is 0 Å². The number of aliphatic hydroxyl groups excluding tert-OH is 1. The van der Waals surface area contributed by atoms with Crippen molar-refractivity contribution in [3.63, 3.8) is 0 Å². The third-order valence-electron chi connectivity index (χ3n) is 3.54. The first kappa shape index (κ1) is 13.7. The Labute approximate surface area is 107 Å². The molecule has 2 heterocycles. The number of carbonyl (C=O) groups is 1. The van der Waals surface area contributed by atoms with Crippen LogP contribution in [0.2, 0.25) is 0 Å². The van der Waals surface area contributed by atoms with Crippen LogP contribution in [0.15, 0.2) is 0 Å². The molecule has 2 fully saturated rings. The molecule has 2 saturated heterocycles. The Balaban J connectivity index is 1.84. The maximum Gasteiger partial charge on any atom is 0.236 e. The molecule has 0 saturated carbocycles. The van der Waals surface area contributed by atoms with E-state index in [0.29, 0.717) is 46.0 Å². The van der Waals surface area contributed by atoms with Crippen LogP contribution in [-0.2, 0) is 14.3 Å². The lowest BCUT2D eigenvalue weighted by Gasteiger charge is -2.38. The van der Waals surface area contributed by atoms with Crippen molar-refractivity contribution in [2.45, 2.75) is 19.1 Å². The van der Waals surface area contributed by atoms with Crippen molar-refractivity contribution in [3.05, 3.63) is 0 Å². The minimum Gasteiger partial charge on any atom is -0.394 e. The quantitative estimate of drug-likeness (QED) is 0.698. The molecule has 0 radical (unpaired) electrons. The Morgan fingerprint density at radius 3 is 2.78 bits per heavy atom. The van der Waals surface area contributed by atoms with Gasteiger partial charge in [-0.15, -0.1) is 0 Å². The predicted octanol–water partition coefficient (Wildman–Crippen LogP) is -1.07. The van der Waals surface area contributed by atoms with Crippen LogP contribution in [0.3, 0.4) is 0 Å². The standard InChI is InChI=1S/C12H22N2O4/c1-10-9-18-11(8-15)6-14(10)7-12(16)13-2-4-17-5-3-13/h10-11,15H,2-9H2,1H3. The highest BCUT2D eigenvalue weighted by Crippen LogP contribution is 2.12. The first-order valence-corrected chi connectivity index (χ1v) is 6.52. The smallest absolute Gasteiger partial charge is 0.236 e. The first-order chi connectivity index (χ1) is 8.70. The van der Waals surface area contributed by atoms with E-state index in [4.69, 9.17) is 14.6 Å². The van der Waals surface area contributed by atoms with Gasteiger partial charge in [-0.25, -0.2) is 0 Å². The lowest BCUT2D eigenvalue weighted by Crippen LogP contribution is -2.54. The molecule has 2 rings (SSSR count). The topological polar surface area (TPSA) is 62.2 Å². The molecular formula is C12H22N2O4. The molecule has 1 N–H and O–H groups in total. The number of ether oxygens (including phenoxy) is 2. The highest BCUT2D eigenvalue weighted by Gasteiger charge is 2.28.